The number of nitrogens with one attached hydrogen (secondary N) is 1. The van der Waals surface area contributed by atoms with Gasteiger partial charge in [0.1, 0.15) is 27.8 Å². The maximum atomic E-state index is 9.16. The number of ether oxygens (including phenoxy) is 1. The molecular formula is C16H16ClN3OS. The van der Waals surface area contributed by atoms with Crippen molar-refractivity contribution in [1.29, 1.82) is 5.26 Å². The van der Waals surface area contributed by atoms with E-state index in [2.05, 4.69) is 9.88 Å². The minimum atomic E-state index is 0.297. The topological polar surface area (TPSA) is 52.0 Å². The number of aromatic amines is 1. The van der Waals surface area contributed by atoms with Gasteiger partial charge in [0.05, 0.1) is 5.02 Å². The highest BCUT2D eigenvalue weighted by Crippen LogP contribution is 2.31. The van der Waals surface area contributed by atoms with Gasteiger partial charge in [-0.3, -0.25) is 0 Å². The number of aromatic nitrogens is 1. The molecule has 22 heavy (non-hydrogen) atoms. The number of hydrogen-bond donors (Lipinski definition) is 1. The Morgan fingerprint density at radius 1 is 1.32 bits per heavy atom. The summed E-state index contributed by atoms with van der Waals surface area (Å²) in [5.41, 5.74) is 1.43. The van der Waals surface area contributed by atoms with Gasteiger partial charge in [-0.25, -0.2) is 0 Å². The molecule has 0 saturated carbocycles. The van der Waals surface area contributed by atoms with E-state index in [1.54, 1.807) is 12.3 Å². The minimum Gasteiger partial charge on any atom is -0.454 e. The molecule has 0 fully saturated rings. The molecule has 0 saturated heterocycles. The molecule has 1 heterocycles. The molecule has 0 radical (unpaired) electrons. The first-order chi connectivity index (χ1) is 10.5. The predicted octanol–water partition coefficient (Wildman–Crippen LogP) is 4.17. The molecule has 1 aromatic heterocycles. The van der Waals surface area contributed by atoms with Crippen molar-refractivity contribution in [3.63, 3.8) is 0 Å². The van der Waals surface area contributed by atoms with E-state index < -0.39 is 0 Å². The molecule has 0 amide bonds. The summed E-state index contributed by atoms with van der Waals surface area (Å²) in [6.45, 7) is 0.947. The number of halogens is 1. The van der Waals surface area contributed by atoms with Crippen molar-refractivity contribution in [3.05, 3.63) is 51.3 Å². The van der Waals surface area contributed by atoms with Crippen LogP contribution in [-0.2, 0) is 6.42 Å². The first-order valence-corrected chi connectivity index (χ1v) is 7.52. The number of likely N-dealkylation sites (N-methyl/N-ethyl adjacent to an activating group) is 1. The first kappa shape index (κ1) is 16.5. The Hall–Kier alpha value is -1.87. The molecule has 0 unspecified atom stereocenters. The number of nitriles is 1. The van der Waals surface area contributed by atoms with Gasteiger partial charge in [0.2, 0.25) is 0 Å². The lowest BCUT2D eigenvalue weighted by Crippen LogP contribution is -2.14. The molecule has 2 rings (SSSR count). The third-order valence-corrected chi connectivity index (χ3v) is 3.72. The highest BCUT2D eigenvalue weighted by Gasteiger charge is 2.09. The summed E-state index contributed by atoms with van der Waals surface area (Å²) in [7, 11) is 4.06. The second kappa shape index (κ2) is 7.41. The fourth-order valence-corrected chi connectivity index (χ4v) is 2.36. The summed E-state index contributed by atoms with van der Waals surface area (Å²) in [6.07, 6.45) is 2.55. The standard InChI is InChI=1S/C16H16ClN3OS/c1-20(2)8-6-11-3-4-15(13(17)9-11)21-14-5-7-19-16(22)12(14)10-18/h3-5,7,9H,6,8H2,1-2H3,(H,19,22). The maximum absolute atomic E-state index is 9.16. The third kappa shape index (κ3) is 4.08. The number of H-pyrrole nitrogens is 1. The fraction of sp³-hybridized carbons (Fsp3) is 0.250. The van der Waals surface area contributed by atoms with Crippen LogP contribution in [-0.4, -0.2) is 30.5 Å². The molecule has 114 valence electrons. The van der Waals surface area contributed by atoms with Crippen molar-refractivity contribution < 1.29 is 4.74 Å². The monoisotopic (exact) mass is 333 g/mol. The van der Waals surface area contributed by atoms with E-state index in [0.29, 0.717) is 26.7 Å². The first-order valence-electron chi connectivity index (χ1n) is 6.74. The van der Waals surface area contributed by atoms with E-state index in [1.807, 2.05) is 38.4 Å². The van der Waals surface area contributed by atoms with Crippen molar-refractivity contribution in [1.82, 2.24) is 9.88 Å². The number of rotatable bonds is 5. The van der Waals surface area contributed by atoms with Gasteiger partial charge in [-0.1, -0.05) is 29.9 Å². The summed E-state index contributed by atoms with van der Waals surface area (Å²) in [4.78, 5) is 4.92. The van der Waals surface area contributed by atoms with Crippen LogP contribution in [0.1, 0.15) is 11.1 Å². The summed E-state index contributed by atoms with van der Waals surface area (Å²) in [5.74, 6) is 0.904. The summed E-state index contributed by atoms with van der Waals surface area (Å²) in [5, 5.41) is 9.67. The van der Waals surface area contributed by atoms with E-state index in [-0.39, 0.29) is 0 Å². The second-order valence-corrected chi connectivity index (χ2v) is 5.89. The van der Waals surface area contributed by atoms with Crippen LogP contribution in [0.5, 0.6) is 11.5 Å². The molecular weight excluding hydrogens is 318 g/mol. The molecule has 4 nitrogen and oxygen atoms in total. The predicted molar refractivity (Wildman–Crippen MR) is 90.1 cm³/mol. The lowest BCUT2D eigenvalue weighted by atomic mass is 10.1. The zero-order chi connectivity index (χ0) is 16.1. The van der Waals surface area contributed by atoms with Crippen molar-refractivity contribution in [2.75, 3.05) is 20.6 Å². The average molecular weight is 334 g/mol. The quantitative estimate of drug-likeness (QED) is 0.834. The average Bonchev–Trinajstić information content (AvgIpc) is 2.48. The second-order valence-electron chi connectivity index (χ2n) is 5.08. The van der Waals surface area contributed by atoms with Crippen LogP contribution in [0.3, 0.4) is 0 Å². The maximum Gasteiger partial charge on any atom is 0.149 e. The van der Waals surface area contributed by atoms with Gasteiger partial charge in [0.15, 0.2) is 0 Å². The molecule has 0 atom stereocenters. The smallest absolute Gasteiger partial charge is 0.149 e. The summed E-state index contributed by atoms with van der Waals surface area (Å²) >= 11 is 11.3. The van der Waals surface area contributed by atoms with Crippen LogP contribution in [0, 0.1) is 16.0 Å². The van der Waals surface area contributed by atoms with Gasteiger partial charge < -0.3 is 14.6 Å². The Kier molecular flexibility index (Phi) is 5.56. The van der Waals surface area contributed by atoms with Gasteiger partial charge >= 0.3 is 0 Å². The van der Waals surface area contributed by atoms with Crippen LogP contribution in [0.15, 0.2) is 30.5 Å². The van der Waals surface area contributed by atoms with Crippen LogP contribution in [0.4, 0.5) is 0 Å². The van der Waals surface area contributed by atoms with Crippen molar-refractivity contribution in [2.24, 2.45) is 0 Å². The van der Waals surface area contributed by atoms with E-state index in [4.69, 9.17) is 33.8 Å². The molecule has 0 spiro atoms. The van der Waals surface area contributed by atoms with Crippen LogP contribution in [0.25, 0.3) is 0 Å². The molecule has 1 aromatic carbocycles. The number of hydrogen-bond acceptors (Lipinski definition) is 4. The number of nitrogens with zero attached hydrogens (tertiary/aromatic N) is 2. The van der Waals surface area contributed by atoms with Crippen molar-refractivity contribution >= 4 is 23.8 Å². The zero-order valence-corrected chi connectivity index (χ0v) is 14.0. The lowest BCUT2D eigenvalue weighted by molar-refractivity contribution is 0.413. The summed E-state index contributed by atoms with van der Waals surface area (Å²) < 4.78 is 6.09. The molecule has 0 bridgehead atoms. The summed E-state index contributed by atoms with van der Waals surface area (Å²) in [6, 6.07) is 9.37. The van der Waals surface area contributed by atoms with Gasteiger partial charge in [-0.05, 0) is 44.3 Å². The lowest BCUT2D eigenvalue weighted by Gasteiger charge is -2.12. The normalized spacial score (nSPS) is 10.5. The Labute approximate surface area is 139 Å². The van der Waals surface area contributed by atoms with E-state index in [1.165, 1.54) is 0 Å². The number of pyridine rings is 1. The molecule has 0 aliphatic carbocycles. The van der Waals surface area contributed by atoms with Gasteiger partial charge in [0.25, 0.3) is 0 Å². The Bertz CT molecular complexity index is 765. The molecule has 6 heteroatoms. The minimum absolute atomic E-state index is 0.297. The van der Waals surface area contributed by atoms with Crippen molar-refractivity contribution in [3.8, 4) is 17.6 Å². The van der Waals surface area contributed by atoms with E-state index >= 15 is 0 Å². The third-order valence-electron chi connectivity index (χ3n) is 3.10. The Morgan fingerprint density at radius 2 is 2.09 bits per heavy atom. The van der Waals surface area contributed by atoms with Gasteiger partial charge in [-0.2, -0.15) is 5.26 Å². The van der Waals surface area contributed by atoms with Gasteiger partial charge in [0, 0.05) is 12.7 Å². The highest BCUT2D eigenvalue weighted by molar-refractivity contribution is 7.71. The number of benzene rings is 1. The Morgan fingerprint density at radius 3 is 2.73 bits per heavy atom. The van der Waals surface area contributed by atoms with Gasteiger partial charge in [-0.15, -0.1) is 0 Å². The van der Waals surface area contributed by atoms with Crippen LogP contribution >= 0.6 is 23.8 Å². The Balaban J connectivity index is 2.23. The highest BCUT2D eigenvalue weighted by atomic mass is 35.5. The zero-order valence-electron chi connectivity index (χ0n) is 12.4. The molecule has 0 aliphatic heterocycles. The van der Waals surface area contributed by atoms with Crippen LogP contribution < -0.4 is 4.74 Å². The van der Waals surface area contributed by atoms with Crippen molar-refractivity contribution in [2.45, 2.75) is 6.42 Å². The van der Waals surface area contributed by atoms with E-state index in [0.717, 1.165) is 18.5 Å². The largest absolute Gasteiger partial charge is 0.454 e. The molecule has 1 N–H and O–H groups in total. The molecule has 2 aromatic rings. The van der Waals surface area contributed by atoms with Crippen LogP contribution in [0.2, 0.25) is 5.02 Å². The van der Waals surface area contributed by atoms with E-state index in [9.17, 15) is 0 Å². The SMILES string of the molecule is CN(C)CCc1ccc(Oc2cc[nH]c(=S)c2C#N)c(Cl)c1. The fourth-order valence-electron chi connectivity index (χ4n) is 1.91. The molecule has 0 aliphatic rings.